The third-order valence-corrected chi connectivity index (χ3v) is 9.05. The van der Waals surface area contributed by atoms with Gasteiger partial charge in [-0.3, -0.25) is 14.4 Å². The van der Waals surface area contributed by atoms with E-state index in [4.69, 9.17) is 0 Å². The number of aliphatic imine (C=N–C) groups is 2. The van der Waals surface area contributed by atoms with Crippen LogP contribution in [0.4, 0.5) is 13.2 Å². The fourth-order valence-corrected chi connectivity index (χ4v) is 6.81. The zero-order valence-corrected chi connectivity index (χ0v) is 23.5. The van der Waals surface area contributed by atoms with Crippen LogP contribution in [0.2, 0.25) is 0 Å². The van der Waals surface area contributed by atoms with Crippen LogP contribution < -0.4 is 5.32 Å². The number of piperidine rings is 1. The van der Waals surface area contributed by atoms with Crippen molar-refractivity contribution in [1.29, 1.82) is 0 Å². The van der Waals surface area contributed by atoms with Crippen molar-refractivity contribution in [3.8, 4) is 0 Å². The number of benzene rings is 2. The molecule has 1 N–H and O–H groups in total. The van der Waals surface area contributed by atoms with E-state index in [0.29, 0.717) is 42.6 Å². The summed E-state index contributed by atoms with van der Waals surface area (Å²) in [6, 6.07) is 19.0. The SMILES string of the molecule is C=N/C=C(\C(=NC1CNCC(c2nnc3ccccn23)C1)c1cn(S(=O)(=O)c2ccccc2)c2ccccc12)C(F)(F)F. The van der Waals surface area contributed by atoms with Gasteiger partial charge in [0.25, 0.3) is 10.0 Å². The second-order valence-corrected chi connectivity index (χ2v) is 11.9. The number of halogens is 3. The Kier molecular flexibility index (Phi) is 7.44. The van der Waals surface area contributed by atoms with E-state index in [1.807, 2.05) is 28.8 Å². The predicted octanol–water partition coefficient (Wildman–Crippen LogP) is 5.00. The Morgan fingerprint density at radius 2 is 1.74 bits per heavy atom. The van der Waals surface area contributed by atoms with Crippen molar-refractivity contribution >= 4 is 39.0 Å². The maximum atomic E-state index is 14.6. The van der Waals surface area contributed by atoms with E-state index in [-0.39, 0.29) is 21.9 Å². The minimum absolute atomic E-state index is 0.00000636. The van der Waals surface area contributed by atoms with Crippen molar-refractivity contribution in [2.75, 3.05) is 13.1 Å². The molecule has 9 nitrogen and oxygen atoms in total. The van der Waals surface area contributed by atoms with E-state index in [1.165, 1.54) is 18.3 Å². The summed E-state index contributed by atoms with van der Waals surface area (Å²) in [5, 5.41) is 12.1. The van der Waals surface area contributed by atoms with Gasteiger partial charge in [0.05, 0.1) is 27.7 Å². The summed E-state index contributed by atoms with van der Waals surface area (Å²) in [6.45, 7) is 4.10. The number of hydrogen-bond acceptors (Lipinski definition) is 7. The van der Waals surface area contributed by atoms with Gasteiger partial charge in [0, 0.05) is 48.6 Å². The normalized spacial score (nSPS) is 18.8. The maximum absolute atomic E-state index is 14.6. The van der Waals surface area contributed by atoms with Crippen molar-refractivity contribution in [2.45, 2.75) is 29.5 Å². The molecule has 1 saturated heterocycles. The van der Waals surface area contributed by atoms with Gasteiger partial charge >= 0.3 is 6.18 Å². The first-order valence-corrected chi connectivity index (χ1v) is 14.9. The number of alkyl halides is 3. The number of allylic oxidation sites excluding steroid dienone is 1. The van der Waals surface area contributed by atoms with Crippen LogP contribution in [0.25, 0.3) is 16.6 Å². The lowest BCUT2D eigenvalue weighted by molar-refractivity contribution is -0.0861. The van der Waals surface area contributed by atoms with Gasteiger partial charge in [0.2, 0.25) is 0 Å². The minimum Gasteiger partial charge on any atom is -0.314 e. The van der Waals surface area contributed by atoms with Crippen LogP contribution in [0.5, 0.6) is 0 Å². The van der Waals surface area contributed by atoms with Crippen molar-refractivity contribution in [2.24, 2.45) is 9.98 Å². The first kappa shape index (κ1) is 28.5. The van der Waals surface area contributed by atoms with E-state index in [1.54, 1.807) is 42.5 Å². The number of rotatable bonds is 7. The van der Waals surface area contributed by atoms with Crippen LogP contribution in [-0.4, -0.2) is 64.7 Å². The van der Waals surface area contributed by atoms with E-state index < -0.39 is 33.5 Å². The monoisotopic (exact) mass is 605 g/mol. The molecule has 0 spiro atoms. The molecular weight excluding hydrogens is 579 g/mol. The van der Waals surface area contributed by atoms with Gasteiger partial charge in [0.15, 0.2) is 5.65 Å². The van der Waals surface area contributed by atoms with Gasteiger partial charge in [-0.15, -0.1) is 10.2 Å². The molecule has 0 saturated carbocycles. The van der Waals surface area contributed by atoms with Crippen LogP contribution in [0, 0.1) is 0 Å². The third kappa shape index (κ3) is 5.37. The molecule has 1 aliphatic rings. The lowest BCUT2D eigenvalue weighted by Gasteiger charge is -2.28. The fourth-order valence-electron chi connectivity index (χ4n) is 5.42. The van der Waals surface area contributed by atoms with Crippen LogP contribution in [0.3, 0.4) is 0 Å². The van der Waals surface area contributed by atoms with E-state index >= 15 is 0 Å². The largest absolute Gasteiger partial charge is 0.419 e. The molecule has 0 amide bonds. The lowest BCUT2D eigenvalue weighted by atomic mass is 9.94. The predicted molar refractivity (Wildman–Crippen MR) is 158 cm³/mol. The molecule has 43 heavy (non-hydrogen) atoms. The van der Waals surface area contributed by atoms with Gasteiger partial charge in [-0.1, -0.05) is 42.5 Å². The number of fused-ring (bicyclic) bond motifs is 2. The molecule has 1 fully saturated rings. The summed E-state index contributed by atoms with van der Waals surface area (Å²) in [7, 11) is -4.15. The number of nitrogens with one attached hydrogen (secondary N) is 1. The average molecular weight is 606 g/mol. The van der Waals surface area contributed by atoms with Crippen molar-refractivity contribution in [1.82, 2.24) is 23.9 Å². The molecule has 2 unspecified atom stereocenters. The summed E-state index contributed by atoms with van der Waals surface area (Å²) >= 11 is 0. The number of aromatic nitrogens is 4. The molecule has 0 bridgehead atoms. The Labute approximate surface area is 245 Å². The lowest BCUT2D eigenvalue weighted by Crippen LogP contribution is -2.39. The fraction of sp³-hybridized carbons (Fsp3) is 0.200. The standard InChI is InChI=1S/C30H26F3N7O2S/c1-34-18-25(30(31,32)33)28(36-21-15-20(16-35-17-21)29-38-37-27-13-7-8-14-39(27)29)24-19-40(26-12-6-5-11-23(24)26)43(41,42)22-9-3-2-4-10-22/h2-14,18-21,35H,1,15-17H2/b25-18+,36-28?. The highest BCUT2D eigenvalue weighted by Crippen LogP contribution is 2.35. The summed E-state index contributed by atoms with van der Waals surface area (Å²) in [5.74, 6) is 0.492. The molecule has 3 aromatic heterocycles. The molecule has 6 rings (SSSR count). The van der Waals surface area contributed by atoms with Crippen LogP contribution in [-0.2, 0) is 10.0 Å². The Hall–Kier alpha value is -4.62. The highest BCUT2D eigenvalue weighted by molar-refractivity contribution is 7.90. The molecule has 13 heteroatoms. The molecule has 2 aromatic carbocycles. The minimum atomic E-state index is -4.85. The number of para-hydroxylation sites is 1. The molecule has 0 aliphatic carbocycles. The molecule has 0 radical (unpaired) electrons. The van der Waals surface area contributed by atoms with E-state index in [0.717, 1.165) is 3.97 Å². The van der Waals surface area contributed by atoms with Gasteiger partial charge < -0.3 is 5.32 Å². The number of pyridine rings is 1. The van der Waals surface area contributed by atoms with Gasteiger partial charge in [-0.2, -0.15) is 13.2 Å². The summed E-state index contributed by atoms with van der Waals surface area (Å²) in [6.07, 6.45) is -0.804. The Bertz CT molecular complexity index is 1980. The Morgan fingerprint density at radius 3 is 2.51 bits per heavy atom. The molecule has 220 valence electrons. The molecule has 1 aliphatic heterocycles. The van der Waals surface area contributed by atoms with Crippen LogP contribution in [0.1, 0.15) is 23.7 Å². The molecule has 4 heterocycles. The Balaban J connectivity index is 1.50. The second-order valence-electron chi connectivity index (χ2n) is 10.1. The molecular formula is C30H26F3N7O2S. The molecule has 5 aromatic rings. The third-order valence-electron chi connectivity index (χ3n) is 7.36. The topological polar surface area (TPSA) is 106 Å². The number of nitrogens with zero attached hydrogens (tertiary/aromatic N) is 6. The first-order valence-electron chi connectivity index (χ1n) is 13.4. The van der Waals surface area contributed by atoms with E-state index in [2.05, 4.69) is 32.2 Å². The average Bonchev–Trinajstić information content (AvgIpc) is 3.62. The highest BCUT2D eigenvalue weighted by Gasteiger charge is 2.40. The summed E-state index contributed by atoms with van der Waals surface area (Å²) in [5.41, 5.74) is -0.654. The summed E-state index contributed by atoms with van der Waals surface area (Å²) in [4.78, 5) is 8.10. The quantitative estimate of drug-likeness (QED) is 0.263. The zero-order chi connectivity index (χ0) is 30.2. The van der Waals surface area contributed by atoms with Crippen LogP contribution >= 0.6 is 0 Å². The number of hydrogen-bond donors (Lipinski definition) is 1. The maximum Gasteiger partial charge on any atom is 0.419 e. The summed E-state index contributed by atoms with van der Waals surface area (Å²) < 4.78 is 73.9. The highest BCUT2D eigenvalue weighted by atomic mass is 32.2. The van der Waals surface area contributed by atoms with E-state index in [9.17, 15) is 21.6 Å². The first-order chi connectivity index (χ1) is 20.7. The smallest absolute Gasteiger partial charge is 0.314 e. The van der Waals surface area contributed by atoms with Crippen LogP contribution in [0.15, 0.2) is 112 Å². The second kappa shape index (κ2) is 11.2. The Morgan fingerprint density at radius 1 is 1.00 bits per heavy atom. The van der Waals surface area contributed by atoms with Crippen molar-refractivity contribution < 1.29 is 21.6 Å². The van der Waals surface area contributed by atoms with Gasteiger partial charge in [-0.25, -0.2) is 12.4 Å². The zero-order valence-electron chi connectivity index (χ0n) is 22.7. The van der Waals surface area contributed by atoms with Crippen molar-refractivity contribution in [3.63, 3.8) is 0 Å². The van der Waals surface area contributed by atoms with Gasteiger partial charge in [-0.05, 0) is 43.5 Å². The molecule has 2 atom stereocenters. The van der Waals surface area contributed by atoms with Crippen molar-refractivity contribution in [3.05, 3.63) is 108 Å². The van der Waals surface area contributed by atoms with Gasteiger partial charge in [0.1, 0.15) is 5.82 Å².